The number of aliphatic imine (C=N–C) groups is 1. The lowest BCUT2D eigenvalue weighted by Crippen LogP contribution is -2.20. The average molecular weight is 310 g/mol. The van der Waals surface area contributed by atoms with Gasteiger partial charge in [0, 0.05) is 5.75 Å². The van der Waals surface area contributed by atoms with E-state index in [9.17, 15) is 22.0 Å². The first-order valence-corrected chi connectivity index (χ1v) is 6.78. The highest BCUT2D eigenvalue weighted by Gasteiger charge is 2.31. The molecule has 0 bridgehead atoms. The zero-order chi connectivity index (χ0) is 15.1. The highest BCUT2D eigenvalue weighted by atomic mass is 32.2. The van der Waals surface area contributed by atoms with E-state index in [4.69, 9.17) is 0 Å². The number of amidine groups is 1. The normalized spacial score (nSPS) is 22.1. The molecular weight excluding hydrogens is 299 g/mol. The Bertz CT molecular complexity index is 561. The smallest absolute Gasteiger partial charge is 0.200 e. The molecule has 0 fully saturated rings. The Kier molecular flexibility index (Phi) is 3.95. The maximum absolute atomic E-state index is 13.5. The monoisotopic (exact) mass is 310 g/mol. The predicted octanol–water partition coefficient (Wildman–Crippen LogP) is 4.07. The largest absolute Gasteiger partial charge is 0.330 e. The molecule has 1 atom stereocenters. The number of thioether (sulfide) groups is 1. The van der Waals surface area contributed by atoms with Crippen molar-refractivity contribution in [2.45, 2.75) is 25.8 Å². The van der Waals surface area contributed by atoms with Gasteiger partial charge in [0.05, 0.1) is 5.54 Å². The van der Waals surface area contributed by atoms with Gasteiger partial charge < -0.3 is 5.32 Å². The third-order valence-corrected chi connectivity index (χ3v) is 4.33. The second-order valence-corrected chi connectivity index (χ2v) is 5.59. The molecule has 0 radical (unpaired) electrons. The molecule has 1 N–H and O–H groups in total. The molecule has 0 saturated heterocycles. The van der Waals surface area contributed by atoms with Crippen molar-refractivity contribution < 1.29 is 22.0 Å². The second kappa shape index (κ2) is 5.23. The summed E-state index contributed by atoms with van der Waals surface area (Å²) in [6, 6.07) is 0. The molecule has 1 aliphatic rings. The molecule has 1 heterocycles. The number of halogens is 5. The lowest BCUT2D eigenvalue weighted by Gasteiger charge is -2.15. The van der Waals surface area contributed by atoms with E-state index in [1.165, 1.54) is 11.8 Å². The molecule has 1 aromatic rings. The predicted molar refractivity (Wildman–Crippen MR) is 68.4 cm³/mol. The van der Waals surface area contributed by atoms with Crippen molar-refractivity contribution in [3.8, 4) is 0 Å². The summed E-state index contributed by atoms with van der Waals surface area (Å²) >= 11 is 1.17. The lowest BCUT2D eigenvalue weighted by molar-refractivity contribution is 0.382. The van der Waals surface area contributed by atoms with Crippen molar-refractivity contribution in [2.24, 2.45) is 4.99 Å². The standard InChI is InChI=1S/C12H11F5N2S/c1-3-12(2)4-20-11(19-12)18-10-8(16)6(14)5(13)7(15)9(10)17/h3-4H2,1-2H3,(H,18,19). The fourth-order valence-electron chi connectivity index (χ4n) is 1.60. The highest BCUT2D eigenvalue weighted by Crippen LogP contribution is 2.33. The van der Waals surface area contributed by atoms with Crippen molar-refractivity contribution in [3.05, 3.63) is 29.1 Å². The third-order valence-electron chi connectivity index (χ3n) is 3.09. The molecule has 2 rings (SSSR count). The molecule has 1 aliphatic heterocycles. The first-order chi connectivity index (χ1) is 9.29. The summed E-state index contributed by atoms with van der Waals surface area (Å²) in [6.07, 6.45) is 0.697. The minimum Gasteiger partial charge on any atom is -0.330 e. The molecule has 110 valence electrons. The Morgan fingerprint density at radius 2 is 1.55 bits per heavy atom. The third kappa shape index (κ3) is 2.48. The van der Waals surface area contributed by atoms with Gasteiger partial charge in [0.15, 0.2) is 28.4 Å². The van der Waals surface area contributed by atoms with Gasteiger partial charge in [0.1, 0.15) is 5.69 Å². The van der Waals surface area contributed by atoms with Gasteiger partial charge in [0.25, 0.3) is 0 Å². The second-order valence-electron chi connectivity index (χ2n) is 4.63. The van der Waals surface area contributed by atoms with Crippen LogP contribution in [0.15, 0.2) is 4.99 Å². The Morgan fingerprint density at radius 1 is 1.05 bits per heavy atom. The molecule has 20 heavy (non-hydrogen) atoms. The van der Waals surface area contributed by atoms with Crippen LogP contribution in [0.5, 0.6) is 0 Å². The number of nitrogens with one attached hydrogen (secondary N) is 1. The minimum atomic E-state index is -2.18. The molecule has 1 unspecified atom stereocenters. The van der Waals surface area contributed by atoms with Crippen molar-refractivity contribution in [1.29, 1.82) is 0 Å². The average Bonchev–Trinajstić information content (AvgIpc) is 2.81. The van der Waals surface area contributed by atoms with E-state index in [2.05, 4.69) is 10.3 Å². The molecule has 8 heteroatoms. The van der Waals surface area contributed by atoms with E-state index in [0.29, 0.717) is 12.2 Å². The van der Waals surface area contributed by atoms with Gasteiger partial charge >= 0.3 is 0 Å². The van der Waals surface area contributed by atoms with Gasteiger partial charge in [-0.05, 0) is 13.3 Å². The van der Waals surface area contributed by atoms with Crippen LogP contribution in [0.1, 0.15) is 20.3 Å². The topological polar surface area (TPSA) is 24.4 Å². The van der Waals surface area contributed by atoms with Crippen LogP contribution in [-0.4, -0.2) is 16.5 Å². The van der Waals surface area contributed by atoms with Crippen LogP contribution in [0.2, 0.25) is 0 Å². The summed E-state index contributed by atoms with van der Waals surface area (Å²) in [6.45, 7) is 3.73. The number of rotatable bonds is 2. The minimum absolute atomic E-state index is 0.137. The van der Waals surface area contributed by atoms with Crippen LogP contribution in [0, 0.1) is 29.1 Å². The molecule has 1 aromatic carbocycles. The lowest BCUT2D eigenvalue weighted by atomic mass is 10.0. The molecule has 2 nitrogen and oxygen atoms in total. The quantitative estimate of drug-likeness (QED) is 0.506. The van der Waals surface area contributed by atoms with Gasteiger partial charge in [-0.2, -0.15) is 0 Å². The number of hydrogen-bond acceptors (Lipinski definition) is 3. The Hall–Kier alpha value is -1.31. The van der Waals surface area contributed by atoms with Crippen molar-refractivity contribution in [2.75, 3.05) is 11.1 Å². The summed E-state index contributed by atoms with van der Waals surface area (Å²) in [5, 5.41) is 2.33. The number of anilines is 1. The van der Waals surface area contributed by atoms with Crippen LogP contribution in [0.3, 0.4) is 0 Å². The van der Waals surface area contributed by atoms with E-state index in [1.54, 1.807) is 0 Å². The van der Waals surface area contributed by atoms with Gasteiger partial charge in [-0.25, -0.2) is 22.0 Å². The van der Waals surface area contributed by atoms with Gasteiger partial charge in [0.2, 0.25) is 5.82 Å². The maximum atomic E-state index is 13.5. The van der Waals surface area contributed by atoms with Crippen LogP contribution >= 0.6 is 11.8 Å². The van der Waals surface area contributed by atoms with Gasteiger partial charge in [-0.3, -0.25) is 4.99 Å². The van der Waals surface area contributed by atoms with Crippen LogP contribution in [0.4, 0.5) is 27.6 Å². The van der Waals surface area contributed by atoms with Crippen molar-refractivity contribution >= 4 is 22.6 Å². The molecule has 0 aliphatic carbocycles. The summed E-state index contributed by atoms with van der Waals surface area (Å²) in [4.78, 5) is 4.19. The van der Waals surface area contributed by atoms with E-state index in [-0.39, 0.29) is 5.17 Å². The maximum Gasteiger partial charge on any atom is 0.200 e. The van der Waals surface area contributed by atoms with Crippen molar-refractivity contribution in [1.82, 2.24) is 0 Å². The Balaban J connectivity index is 2.39. The Morgan fingerprint density at radius 3 is 2.00 bits per heavy atom. The van der Waals surface area contributed by atoms with E-state index < -0.39 is 40.3 Å². The first-order valence-electron chi connectivity index (χ1n) is 5.80. The van der Waals surface area contributed by atoms with Crippen LogP contribution in [-0.2, 0) is 0 Å². The first kappa shape index (κ1) is 15.1. The number of benzene rings is 1. The molecule has 0 saturated carbocycles. The van der Waals surface area contributed by atoms with Crippen LogP contribution in [0.25, 0.3) is 0 Å². The summed E-state index contributed by atoms with van der Waals surface area (Å²) in [5.74, 6) is -9.35. The summed E-state index contributed by atoms with van der Waals surface area (Å²) in [7, 11) is 0. The molecule has 0 aromatic heterocycles. The van der Waals surface area contributed by atoms with E-state index in [1.807, 2.05) is 13.8 Å². The zero-order valence-electron chi connectivity index (χ0n) is 10.7. The highest BCUT2D eigenvalue weighted by molar-refractivity contribution is 8.14. The van der Waals surface area contributed by atoms with Gasteiger partial charge in [-0.15, -0.1) is 0 Å². The van der Waals surface area contributed by atoms with E-state index >= 15 is 0 Å². The fourth-order valence-corrected chi connectivity index (χ4v) is 2.78. The van der Waals surface area contributed by atoms with Crippen LogP contribution < -0.4 is 5.32 Å². The SMILES string of the molecule is CCC1(C)CSC(Nc2c(F)c(F)c(F)c(F)c2F)=N1. The molecule has 0 spiro atoms. The molecule has 0 amide bonds. The summed E-state index contributed by atoms with van der Waals surface area (Å²) < 4.78 is 66.0. The summed E-state index contributed by atoms with van der Waals surface area (Å²) in [5.41, 5.74) is -1.48. The Labute approximate surface area is 116 Å². The number of nitrogens with zero attached hydrogens (tertiary/aromatic N) is 1. The number of hydrogen-bond donors (Lipinski definition) is 1. The fraction of sp³-hybridized carbons (Fsp3) is 0.417. The van der Waals surface area contributed by atoms with Gasteiger partial charge in [-0.1, -0.05) is 18.7 Å². The van der Waals surface area contributed by atoms with Crippen molar-refractivity contribution in [3.63, 3.8) is 0 Å². The zero-order valence-corrected chi connectivity index (χ0v) is 11.5. The molecular formula is C12H11F5N2S. The van der Waals surface area contributed by atoms with E-state index in [0.717, 1.165) is 0 Å².